The average molecular weight is 559 g/mol. The third kappa shape index (κ3) is 7.33. The van der Waals surface area contributed by atoms with Gasteiger partial charge >= 0.3 is 0 Å². The molecule has 2 aromatic rings. The molecule has 0 spiro atoms. The van der Waals surface area contributed by atoms with E-state index in [0.717, 1.165) is 36.2 Å². The summed E-state index contributed by atoms with van der Waals surface area (Å²) in [6.45, 7) is 1.19. The number of carbonyl (C=O) groups excluding carboxylic acids is 2. The first kappa shape index (κ1) is 28.2. The van der Waals surface area contributed by atoms with E-state index in [2.05, 4.69) is 5.32 Å². The van der Waals surface area contributed by atoms with Crippen LogP contribution in [-0.4, -0.2) is 50.0 Å². The Kier molecular flexibility index (Phi) is 9.60. The van der Waals surface area contributed by atoms with Gasteiger partial charge in [-0.15, -0.1) is 0 Å². The average Bonchev–Trinajstić information content (AvgIpc) is 3.32. The third-order valence-corrected chi connectivity index (χ3v) is 7.89. The van der Waals surface area contributed by atoms with E-state index in [-0.39, 0.29) is 34.2 Å². The quantitative estimate of drug-likeness (QED) is 0.456. The lowest BCUT2D eigenvalue weighted by Crippen LogP contribution is -2.53. The van der Waals surface area contributed by atoms with Crippen molar-refractivity contribution in [1.29, 1.82) is 0 Å². The second-order valence-electron chi connectivity index (χ2n) is 8.93. The lowest BCUT2D eigenvalue weighted by molar-refractivity contribution is -0.140. The van der Waals surface area contributed by atoms with Crippen molar-refractivity contribution < 1.29 is 22.4 Å². The fourth-order valence-corrected chi connectivity index (χ4v) is 5.63. The minimum Gasteiger partial charge on any atom is -0.352 e. The molecule has 7 nitrogen and oxygen atoms in total. The summed E-state index contributed by atoms with van der Waals surface area (Å²) in [7, 11) is -3.94. The second kappa shape index (κ2) is 12.3. The van der Waals surface area contributed by atoms with E-state index >= 15 is 0 Å². The molecule has 2 amide bonds. The zero-order valence-electron chi connectivity index (χ0n) is 20.2. The lowest BCUT2D eigenvalue weighted by Gasteiger charge is -2.33. The largest absolute Gasteiger partial charge is 0.352 e. The van der Waals surface area contributed by atoms with Gasteiger partial charge in [-0.1, -0.05) is 55.1 Å². The van der Waals surface area contributed by atoms with Crippen LogP contribution < -0.4 is 9.62 Å². The van der Waals surface area contributed by atoms with Gasteiger partial charge in [-0.25, -0.2) is 12.8 Å². The predicted molar refractivity (Wildman–Crippen MR) is 140 cm³/mol. The maximum absolute atomic E-state index is 13.7. The standard InChI is InChI=1S/C25H30Cl2FN3O4S/c1-3-22(25(33)29-20-6-4-5-7-20)30(15-17-8-11-19(28)12-9-17)24(32)16-31(36(2,34)35)23-14-18(26)10-13-21(23)27/h8-14,20,22H,3-7,15-16H2,1-2H3,(H,29,33)/t22-/m0/s1. The number of halogens is 3. The zero-order chi connectivity index (χ0) is 26.5. The number of sulfonamides is 1. The van der Waals surface area contributed by atoms with Gasteiger partial charge in [0.15, 0.2) is 0 Å². The van der Waals surface area contributed by atoms with Gasteiger partial charge in [-0.3, -0.25) is 13.9 Å². The van der Waals surface area contributed by atoms with Crippen LogP contribution >= 0.6 is 23.2 Å². The maximum atomic E-state index is 13.7. The summed E-state index contributed by atoms with van der Waals surface area (Å²) in [5.41, 5.74) is 0.661. The Labute approximate surface area is 221 Å². The first-order valence-electron chi connectivity index (χ1n) is 11.8. The van der Waals surface area contributed by atoms with E-state index in [9.17, 15) is 22.4 Å². The Morgan fingerprint density at radius 3 is 2.33 bits per heavy atom. The molecule has 2 aromatic carbocycles. The van der Waals surface area contributed by atoms with Gasteiger partial charge in [-0.05, 0) is 55.2 Å². The molecule has 0 radical (unpaired) electrons. The Balaban J connectivity index is 1.94. The number of benzene rings is 2. The van der Waals surface area contributed by atoms with E-state index in [1.165, 1.54) is 47.4 Å². The van der Waals surface area contributed by atoms with Crippen LogP contribution in [0.2, 0.25) is 10.0 Å². The number of anilines is 1. The first-order valence-corrected chi connectivity index (χ1v) is 14.4. The second-order valence-corrected chi connectivity index (χ2v) is 11.7. The fraction of sp³-hybridized carbons (Fsp3) is 0.440. The summed E-state index contributed by atoms with van der Waals surface area (Å²) < 4.78 is 39.7. The van der Waals surface area contributed by atoms with Gasteiger partial charge < -0.3 is 10.2 Å². The van der Waals surface area contributed by atoms with Gasteiger partial charge in [0.05, 0.1) is 17.0 Å². The Bertz CT molecular complexity index is 1190. The number of hydrogen-bond donors (Lipinski definition) is 1. The van der Waals surface area contributed by atoms with E-state index in [1.54, 1.807) is 6.92 Å². The Hall–Kier alpha value is -2.36. The fourth-order valence-electron chi connectivity index (χ4n) is 4.35. The molecule has 196 valence electrons. The summed E-state index contributed by atoms with van der Waals surface area (Å²) >= 11 is 12.3. The van der Waals surface area contributed by atoms with Gasteiger partial charge in [0.1, 0.15) is 18.4 Å². The van der Waals surface area contributed by atoms with E-state index < -0.39 is 34.3 Å². The van der Waals surface area contributed by atoms with Crippen molar-refractivity contribution in [1.82, 2.24) is 10.2 Å². The summed E-state index contributed by atoms with van der Waals surface area (Å²) in [4.78, 5) is 28.3. The number of hydrogen-bond acceptors (Lipinski definition) is 4. The molecular formula is C25H30Cl2FN3O4S. The molecule has 0 heterocycles. The van der Waals surface area contributed by atoms with Gasteiger partial charge in [0, 0.05) is 17.6 Å². The van der Waals surface area contributed by atoms with Crippen molar-refractivity contribution in [2.24, 2.45) is 0 Å². The number of rotatable bonds is 10. The Morgan fingerprint density at radius 2 is 1.75 bits per heavy atom. The first-order chi connectivity index (χ1) is 17.0. The summed E-state index contributed by atoms with van der Waals surface area (Å²) in [5.74, 6) is -1.33. The number of nitrogens with zero attached hydrogens (tertiary/aromatic N) is 2. The molecule has 1 saturated carbocycles. The van der Waals surface area contributed by atoms with Gasteiger partial charge in [-0.2, -0.15) is 0 Å². The number of nitrogens with one attached hydrogen (secondary N) is 1. The zero-order valence-corrected chi connectivity index (χ0v) is 22.5. The van der Waals surface area contributed by atoms with Crippen LogP contribution in [0.3, 0.4) is 0 Å². The topological polar surface area (TPSA) is 86.8 Å². The molecule has 1 aliphatic rings. The highest BCUT2D eigenvalue weighted by molar-refractivity contribution is 7.92. The molecule has 1 fully saturated rings. The minimum absolute atomic E-state index is 0.00339. The van der Waals surface area contributed by atoms with Crippen LogP contribution in [0.25, 0.3) is 0 Å². The van der Waals surface area contributed by atoms with Crippen molar-refractivity contribution in [3.63, 3.8) is 0 Å². The van der Waals surface area contributed by atoms with Gasteiger partial charge in [0.25, 0.3) is 0 Å². The molecular weight excluding hydrogens is 528 g/mol. The smallest absolute Gasteiger partial charge is 0.244 e. The van der Waals surface area contributed by atoms with E-state index in [0.29, 0.717) is 12.0 Å². The van der Waals surface area contributed by atoms with E-state index in [4.69, 9.17) is 23.2 Å². The van der Waals surface area contributed by atoms with Gasteiger partial charge in [0.2, 0.25) is 21.8 Å². The molecule has 3 rings (SSSR count). The van der Waals surface area contributed by atoms with Crippen LogP contribution in [0.4, 0.5) is 10.1 Å². The summed E-state index contributed by atoms with van der Waals surface area (Å²) in [6, 6.07) is 9.12. The van der Waals surface area contributed by atoms with E-state index in [1.807, 2.05) is 0 Å². The van der Waals surface area contributed by atoms with Crippen LogP contribution in [0.5, 0.6) is 0 Å². The summed E-state index contributed by atoms with van der Waals surface area (Å²) in [5, 5.41) is 3.38. The molecule has 1 N–H and O–H groups in total. The predicted octanol–water partition coefficient (Wildman–Crippen LogP) is 4.76. The molecule has 0 aromatic heterocycles. The van der Waals surface area contributed by atoms with Crippen LogP contribution in [0.1, 0.15) is 44.6 Å². The lowest BCUT2D eigenvalue weighted by atomic mass is 10.1. The van der Waals surface area contributed by atoms with Crippen molar-refractivity contribution in [2.45, 2.75) is 57.7 Å². The van der Waals surface area contributed by atoms with Crippen LogP contribution in [0.15, 0.2) is 42.5 Å². The molecule has 0 unspecified atom stereocenters. The van der Waals surface area contributed by atoms with Crippen molar-refractivity contribution >= 4 is 50.7 Å². The highest BCUT2D eigenvalue weighted by Gasteiger charge is 2.33. The minimum atomic E-state index is -3.94. The van der Waals surface area contributed by atoms with Crippen LogP contribution in [0, 0.1) is 5.82 Å². The highest BCUT2D eigenvalue weighted by atomic mass is 35.5. The normalized spacial score (nSPS) is 14.9. The molecule has 1 aliphatic carbocycles. The van der Waals surface area contributed by atoms with Crippen molar-refractivity contribution in [3.8, 4) is 0 Å². The number of carbonyl (C=O) groups is 2. The molecule has 0 bridgehead atoms. The third-order valence-electron chi connectivity index (χ3n) is 6.21. The molecule has 0 saturated heterocycles. The SMILES string of the molecule is CC[C@@H](C(=O)NC1CCCC1)N(Cc1ccc(F)cc1)C(=O)CN(c1cc(Cl)ccc1Cl)S(C)(=O)=O. The van der Waals surface area contributed by atoms with Crippen molar-refractivity contribution in [3.05, 3.63) is 63.9 Å². The van der Waals surface area contributed by atoms with Crippen molar-refractivity contribution in [2.75, 3.05) is 17.1 Å². The van der Waals surface area contributed by atoms with Crippen LogP contribution in [-0.2, 0) is 26.2 Å². The monoisotopic (exact) mass is 557 g/mol. The molecule has 11 heteroatoms. The number of amides is 2. The molecule has 1 atom stereocenters. The molecule has 36 heavy (non-hydrogen) atoms. The molecule has 0 aliphatic heterocycles. The maximum Gasteiger partial charge on any atom is 0.244 e. The summed E-state index contributed by atoms with van der Waals surface area (Å²) in [6.07, 6.45) is 5.09. The highest BCUT2D eigenvalue weighted by Crippen LogP contribution is 2.31. The Morgan fingerprint density at radius 1 is 1.11 bits per heavy atom.